The highest BCUT2D eigenvalue weighted by atomic mass is 35.5. The van der Waals surface area contributed by atoms with Gasteiger partial charge in [0.2, 0.25) is 0 Å². The SMILES string of the molecule is CN(c1ccccc1)S(=O)(=O)c1ccc(C(=O)NCC(C)(C)N)cc1.Cl. The molecule has 0 atom stereocenters. The number of hydrogen-bond acceptors (Lipinski definition) is 4. The number of anilines is 1. The Morgan fingerprint density at radius 1 is 1.08 bits per heavy atom. The van der Waals surface area contributed by atoms with Gasteiger partial charge in [-0.15, -0.1) is 12.4 Å². The molecule has 2 aromatic carbocycles. The Kier molecular flexibility index (Phi) is 7.20. The molecule has 8 heteroatoms. The van der Waals surface area contributed by atoms with E-state index in [4.69, 9.17) is 5.73 Å². The van der Waals surface area contributed by atoms with Gasteiger partial charge in [-0.05, 0) is 50.2 Å². The minimum absolute atomic E-state index is 0. The molecule has 2 rings (SSSR count). The van der Waals surface area contributed by atoms with Crippen LogP contribution in [0.25, 0.3) is 0 Å². The summed E-state index contributed by atoms with van der Waals surface area (Å²) in [5.74, 6) is -0.293. The first-order valence-corrected chi connectivity index (χ1v) is 9.26. The van der Waals surface area contributed by atoms with E-state index in [9.17, 15) is 13.2 Å². The number of para-hydroxylation sites is 1. The number of halogens is 1. The van der Waals surface area contributed by atoms with Gasteiger partial charge in [0.15, 0.2) is 0 Å². The van der Waals surface area contributed by atoms with E-state index >= 15 is 0 Å². The molecule has 0 unspecified atom stereocenters. The van der Waals surface area contributed by atoms with Gasteiger partial charge in [0.1, 0.15) is 0 Å². The predicted octanol–water partition coefficient (Wildman–Crippen LogP) is 2.40. The van der Waals surface area contributed by atoms with Gasteiger partial charge in [0.05, 0.1) is 10.6 Å². The summed E-state index contributed by atoms with van der Waals surface area (Å²) in [5.41, 5.74) is 6.26. The fraction of sp³-hybridized carbons (Fsp3) is 0.278. The number of carbonyl (C=O) groups excluding carboxylic acids is 1. The van der Waals surface area contributed by atoms with Crippen molar-refractivity contribution in [1.82, 2.24) is 5.32 Å². The van der Waals surface area contributed by atoms with Crippen molar-refractivity contribution < 1.29 is 13.2 Å². The van der Waals surface area contributed by atoms with E-state index in [1.165, 1.54) is 35.6 Å². The molecule has 0 radical (unpaired) electrons. The molecule has 0 saturated carbocycles. The van der Waals surface area contributed by atoms with E-state index < -0.39 is 15.6 Å². The van der Waals surface area contributed by atoms with Crippen LogP contribution < -0.4 is 15.4 Å². The zero-order valence-corrected chi connectivity index (χ0v) is 16.6. The molecule has 0 aliphatic rings. The maximum atomic E-state index is 12.7. The van der Waals surface area contributed by atoms with Crippen molar-refractivity contribution >= 4 is 34.0 Å². The Bertz CT molecular complexity index is 832. The van der Waals surface area contributed by atoms with Crippen molar-refractivity contribution in [3.63, 3.8) is 0 Å². The fourth-order valence-corrected chi connectivity index (χ4v) is 3.32. The molecule has 0 aromatic heterocycles. The number of rotatable bonds is 6. The highest BCUT2D eigenvalue weighted by molar-refractivity contribution is 7.92. The average Bonchev–Trinajstić information content (AvgIpc) is 2.59. The summed E-state index contributed by atoms with van der Waals surface area (Å²) in [4.78, 5) is 12.2. The molecule has 0 saturated heterocycles. The highest BCUT2D eigenvalue weighted by Crippen LogP contribution is 2.21. The predicted molar refractivity (Wildman–Crippen MR) is 106 cm³/mol. The number of nitrogens with zero attached hydrogens (tertiary/aromatic N) is 1. The number of nitrogens with two attached hydrogens (primary N) is 1. The van der Waals surface area contributed by atoms with Crippen molar-refractivity contribution in [3.8, 4) is 0 Å². The molecule has 142 valence electrons. The zero-order chi connectivity index (χ0) is 18.7. The number of nitrogens with one attached hydrogen (secondary N) is 1. The van der Waals surface area contributed by atoms with Crippen molar-refractivity contribution in [3.05, 3.63) is 60.2 Å². The lowest BCUT2D eigenvalue weighted by molar-refractivity contribution is 0.0946. The van der Waals surface area contributed by atoms with Gasteiger partial charge < -0.3 is 11.1 Å². The number of sulfonamides is 1. The van der Waals surface area contributed by atoms with E-state index in [2.05, 4.69) is 5.32 Å². The second-order valence-corrected chi connectivity index (χ2v) is 8.47. The first kappa shape index (κ1) is 22.0. The van der Waals surface area contributed by atoms with Crippen LogP contribution in [0.4, 0.5) is 5.69 Å². The summed E-state index contributed by atoms with van der Waals surface area (Å²) in [7, 11) is -2.19. The highest BCUT2D eigenvalue weighted by Gasteiger charge is 2.21. The second-order valence-electron chi connectivity index (χ2n) is 6.50. The second kappa shape index (κ2) is 8.53. The van der Waals surface area contributed by atoms with E-state index in [0.29, 0.717) is 17.8 Å². The minimum atomic E-state index is -3.69. The standard InChI is InChI=1S/C18H23N3O3S.ClH/c1-18(2,19)13-20-17(22)14-9-11-16(12-10-14)25(23,24)21(3)15-7-5-4-6-8-15;/h4-12H,13,19H2,1-3H3,(H,20,22);1H. The Labute approximate surface area is 160 Å². The van der Waals surface area contributed by atoms with Crippen molar-refractivity contribution in [2.45, 2.75) is 24.3 Å². The van der Waals surface area contributed by atoms with Crippen LogP contribution in [0, 0.1) is 0 Å². The molecule has 6 nitrogen and oxygen atoms in total. The van der Waals surface area contributed by atoms with Gasteiger partial charge >= 0.3 is 0 Å². The van der Waals surface area contributed by atoms with Crippen LogP contribution in [0.1, 0.15) is 24.2 Å². The molecule has 26 heavy (non-hydrogen) atoms. The van der Waals surface area contributed by atoms with E-state index in [1.54, 1.807) is 24.3 Å². The maximum absolute atomic E-state index is 12.7. The lowest BCUT2D eigenvalue weighted by Gasteiger charge is -2.20. The third-order valence-electron chi connectivity index (χ3n) is 3.60. The molecule has 2 aromatic rings. The first-order chi connectivity index (χ1) is 11.6. The van der Waals surface area contributed by atoms with Crippen LogP contribution >= 0.6 is 12.4 Å². The quantitative estimate of drug-likeness (QED) is 0.782. The Balaban J connectivity index is 0.00000338. The third kappa shape index (κ3) is 5.45. The van der Waals surface area contributed by atoms with Crippen LogP contribution in [0.3, 0.4) is 0 Å². The molecule has 0 spiro atoms. The molecule has 0 bridgehead atoms. The lowest BCUT2D eigenvalue weighted by atomic mass is 10.1. The summed E-state index contributed by atoms with van der Waals surface area (Å²) in [6.45, 7) is 3.94. The Hall–Kier alpha value is -2.09. The van der Waals surface area contributed by atoms with Crippen molar-refractivity contribution in [2.75, 3.05) is 17.9 Å². The Morgan fingerprint density at radius 2 is 1.62 bits per heavy atom. The number of amides is 1. The number of carbonyl (C=O) groups is 1. The molecule has 0 aliphatic heterocycles. The van der Waals surface area contributed by atoms with Gasteiger partial charge in [0, 0.05) is 24.7 Å². The topological polar surface area (TPSA) is 92.5 Å². The van der Waals surface area contributed by atoms with Crippen LogP contribution in [0.2, 0.25) is 0 Å². The minimum Gasteiger partial charge on any atom is -0.350 e. The monoisotopic (exact) mass is 397 g/mol. The zero-order valence-electron chi connectivity index (χ0n) is 15.0. The fourth-order valence-electron chi connectivity index (χ4n) is 2.12. The van der Waals surface area contributed by atoms with Crippen LogP contribution in [-0.4, -0.2) is 33.5 Å². The van der Waals surface area contributed by atoms with Crippen molar-refractivity contribution in [2.24, 2.45) is 5.73 Å². The van der Waals surface area contributed by atoms with Gasteiger partial charge in [-0.3, -0.25) is 9.10 Å². The van der Waals surface area contributed by atoms with Gasteiger partial charge in [-0.25, -0.2) is 8.42 Å². The van der Waals surface area contributed by atoms with E-state index in [-0.39, 0.29) is 23.2 Å². The average molecular weight is 398 g/mol. The van der Waals surface area contributed by atoms with E-state index in [0.717, 1.165) is 0 Å². The van der Waals surface area contributed by atoms with E-state index in [1.807, 2.05) is 19.9 Å². The number of hydrogen-bond donors (Lipinski definition) is 2. The summed E-state index contributed by atoms with van der Waals surface area (Å²) in [6, 6.07) is 14.6. The van der Waals surface area contributed by atoms with Crippen LogP contribution in [0.15, 0.2) is 59.5 Å². The summed E-state index contributed by atoms with van der Waals surface area (Å²) in [6.07, 6.45) is 0. The summed E-state index contributed by atoms with van der Waals surface area (Å²) >= 11 is 0. The normalized spacial score (nSPS) is 11.4. The molecule has 3 N–H and O–H groups in total. The molecular formula is C18H24ClN3O3S. The summed E-state index contributed by atoms with van der Waals surface area (Å²) in [5, 5.41) is 2.72. The van der Waals surface area contributed by atoms with Crippen molar-refractivity contribution in [1.29, 1.82) is 0 Å². The van der Waals surface area contributed by atoms with Crippen LogP contribution in [-0.2, 0) is 10.0 Å². The Morgan fingerprint density at radius 3 is 2.12 bits per heavy atom. The largest absolute Gasteiger partial charge is 0.350 e. The molecule has 0 fully saturated rings. The van der Waals surface area contributed by atoms with Gasteiger partial charge in [-0.1, -0.05) is 18.2 Å². The van der Waals surface area contributed by atoms with Gasteiger partial charge in [0.25, 0.3) is 15.9 Å². The smallest absolute Gasteiger partial charge is 0.264 e. The van der Waals surface area contributed by atoms with Gasteiger partial charge in [-0.2, -0.15) is 0 Å². The molecule has 1 amide bonds. The first-order valence-electron chi connectivity index (χ1n) is 7.82. The molecular weight excluding hydrogens is 374 g/mol. The number of benzene rings is 2. The lowest BCUT2D eigenvalue weighted by Crippen LogP contribution is -2.45. The van der Waals surface area contributed by atoms with Crippen LogP contribution in [0.5, 0.6) is 0 Å². The molecule has 0 aliphatic carbocycles. The molecule has 0 heterocycles. The third-order valence-corrected chi connectivity index (χ3v) is 5.40. The maximum Gasteiger partial charge on any atom is 0.264 e. The summed E-state index contributed by atoms with van der Waals surface area (Å²) < 4.78 is 26.6.